The van der Waals surface area contributed by atoms with E-state index in [4.69, 9.17) is 4.74 Å². The maximum atomic E-state index is 5.32. The highest BCUT2D eigenvalue weighted by Gasteiger charge is 2.14. The summed E-state index contributed by atoms with van der Waals surface area (Å²) in [6.45, 7) is 8.62. The van der Waals surface area contributed by atoms with Crippen LogP contribution in [-0.2, 0) is 11.2 Å². The Morgan fingerprint density at radius 3 is 2.18 bits per heavy atom. The van der Waals surface area contributed by atoms with Crippen molar-refractivity contribution in [2.45, 2.75) is 52.3 Å². The fraction of sp³-hybridized carbons (Fsp3) is 0.600. The highest BCUT2D eigenvalue weighted by molar-refractivity contribution is 5.24. The minimum absolute atomic E-state index is 0.229. The van der Waals surface area contributed by atoms with Crippen molar-refractivity contribution in [3.63, 3.8) is 0 Å². The molecule has 0 amide bonds. The second-order valence-corrected chi connectivity index (χ2v) is 4.71. The van der Waals surface area contributed by atoms with E-state index in [1.807, 2.05) is 0 Å². The lowest BCUT2D eigenvalue weighted by atomic mass is 10.0. The van der Waals surface area contributed by atoms with Crippen LogP contribution >= 0.6 is 0 Å². The van der Waals surface area contributed by atoms with Gasteiger partial charge in [-0.3, -0.25) is 0 Å². The largest absolute Gasteiger partial charge is 0.380 e. The highest BCUT2D eigenvalue weighted by Crippen LogP contribution is 2.15. The summed E-state index contributed by atoms with van der Waals surface area (Å²) in [5.41, 5.74) is 2.72. The summed E-state index contributed by atoms with van der Waals surface area (Å²) < 4.78 is 5.32. The summed E-state index contributed by atoms with van der Waals surface area (Å²) in [6, 6.07) is 9.53. The Balaban J connectivity index is 2.59. The molecule has 2 nitrogen and oxygen atoms in total. The molecule has 0 aliphatic carbocycles. The Hall–Kier alpha value is -0.860. The normalized spacial score (nSPS) is 16.5. The van der Waals surface area contributed by atoms with Crippen molar-refractivity contribution in [3.05, 3.63) is 35.4 Å². The van der Waals surface area contributed by atoms with Gasteiger partial charge in [0, 0.05) is 19.2 Å². The van der Waals surface area contributed by atoms with Crippen LogP contribution in [0.25, 0.3) is 0 Å². The van der Waals surface area contributed by atoms with Crippen LogP contribution in [-0.4, -0.2) is 19.3 Å². The van der Waals surface area contributed by atoms with Crippen molar-refractivity contribution in [2.24, 2.45) is 0 Å². The summed E-state index contributed by atoms with van der Waals surface area (Å²) in [4.78, 5) is 0. The minimum Gasteiger partial charge on any atom is -0.380 e. The van der Waals surface area contributed by atoms with E-state index in [9.17, 15) is 0 Å². The number of hydrogen-bond donors (Lipinski definition) is 1. The van der Waals surface area contributed by atoms with Gasteiger partial charge in [-0.2, -0.15) is 0 Å². The first-order valence-corrected chi connectivity index (χ1v) is 6.46. The third kappa shape index (κ3) is 4.14. The van der Waals surface area contributed by atoms with Crippen LogP contribution in [0.3, 0.4) is 0 Å². The van der Waals surface area contributed by atoms with Gasteiger partial charge in [-0.05, 0) is 38.3 Å². The smallest absolute Gasteiger partial charge is 0.0693 e. The third-order valence-electron chi connectivity index (χ3n) is 3.48. The molecule has 0 fully saturated rings. The number of aryl methyl sites for hydroxylation is 1. The molecule has 17 heavy (non-hydrogen) atoms. The third-order valence-corrected chi connectivity index (χ3v) is 3.48. The molecule has 0 aromatic heterocycles. The molecule has 0 saturated heterocycles. The van der Waals surface area contributed by atoms with Crippen LogP contribution in [0.2, 0.25) is 0 Å². The average Bonchev–Trinajstić information content (AvgIpc) is 2.37. The van der Waals surface area contributed by atoms with Gasteiger partial charge in [-0.25, -0.2) is 0 Å². The zero-order chi connectivity index (χ0) is 12.8. The van der Waals surface area contributed by atoms with Gasteiger partial charge in [-0.15, -0.1) is 0 Å². The first-order valence-electron chi connectivity index (χ1n) is 6.46. The average molecular weight is 235 g/mol. The predicted molar refractivity (Wildman–Crippen MR) is 73.3 cm³/mol. The van der Waals surface area contributed by atoms with E-state index in [0.717, 1.165) is 6.42 Å². The molecule has 1 rings (SSSR count). The molecule has 1 N–H and O–H groups in total. The maximum Gasteiger partial charge on any atom is 0.0693 e. The van der Waals surface area contributed by atoms with E-state index < -0.39 is 0 Å². The molecule has 0 bridgehead atoms. The molecular formula is C15H25NO. The molecule has 3 atom stereocenters. The molecule has 96 valence electrons. The lowest BCUT2D eigenvalue weighted by molar-refractivity contribution is 0.0852. The summed E-state index contributed by atoms with van der Waals surface area (Å²) in [7, 11) is 1.75. The molecular weight excluding hydrogens is 210 g/mol. The van der Waals surface area contributed by atoms with Crippen LogP contribution < -0.4 is 5.32 Å². The lowest BCUT2D eigenvalue weighted by Crippen LogP contribution is -2.38. The van der Waals surface area contributed by atoms with E-state index in [-0.39, 0.29) is 6.10 Å². The minimum atomic E-state index is 0.229. The van der Waals surface area contributed by atoms with Crippen molar-refractivity contribution >= 4 is 0 Å². The predicted octanol–water partition coefficient (Wildman–Crippen LogP) is 3.32. The summed E-state index contributed by atoms with van der Waals surface area (Å²) in [6.07, 6.45) is 1.33. The Bertz CT molecular complexity index is 320. The van der Waals surface area contributed by atoms with Crippen LogP contribution in [0.15, 0.2) is 24.3 Å². The van der Waals surface area contributed by atoms with Crippen molar-refractivity contribution in [2.75, 3.05) is 7.11 Å². The number of hydrogen-bond acceptors (Lipinski definition) is 2. The Labute approximate surface area is 105 Å². The molecule has 1 aromatic rings. The SMILES string of the molecule is CCc1ccc(C(C)NC(C)C(C)OC)cc1. The molecule has 0 spiro atoms. The standard InChI is InChI=1S/C15H25NO/c1-6-14-7-9-15(10-8-14)12(3)16-11(2)13(4)17-5/h7-13,16H,6H2,1-5H3. The van der Waals surface area contributed by atoms with E-state index in [2.05, 4.69) is 57.3 Å². The van der Waals surface area contributed by atoms with Crippen molar-refractivity contribution in [1.29, 1.82) is 0 Å². The zero-order valence-corrected chi connectivity index (χ0v) is 11.7. The second kappa shape index (κ2) is 6.77. The van der Waals surface area contributed by atoms with Gasteiger partial charge in [0.05, 0.1) is 6.10 Å². The van der Waals surface area contributed by atoms with Crippen LogP contribution in [0.1, 0.15) is 44.9 Å². The first-order chi connectivity index (χ1) is 8.08. The number of benzene rings is 1. The van der Waals surface area contributed by atoms with Gasteiger partial charge in [0.15, 0.2) is 0 Å². The lowest BCUT2D eigenvalue weighted by Gasteiger charge is -2.24. The van der Waals surface area contributed by atoms with Gasteiger partial charge in [0.25, 0.3) is 0 Å². The van der Waals surface area contributed by atoms with Gasteiger partial charge in [-0.1, -0.05) is 31.2 Å². The van der Waals surface area contributed by atoms with Crippen LogP contribution in [0, 0.1) is 0 Å². The Morgan fingerprint density at radius 1 is 1.12 bits per heavy atom. The van der Waals surface area contributed by atoms with Crippen molar-refractivity contribution < 1.29 is 4.74 Å². The summed E-state index contributed by atoms with van der Waals surface area (Å²) in [5.74, 6) is 0. The molecule has 0 aliphatic rings. The highest BCUT2D eigenvalue weighted by atomic mass is 16.5. The summed E-state index contributed by atoms with van der Waals surface area (Å²) in [5, 5.41) is 3.56. The van der Waals surface area contributed by atoms with Gasteiger partial charge in [0.2, 0.25) is 0 Å². The van der Waals surface area contributed by atoms with Gasteiger partial charge in [0.1, 0.15) is 0 Å². The number of nitrogens with one attached hydrogen (secondary N) is 1. The van der Waals surface area contributed by atoms with Gasteiger partial charge >= 0.3 is 0 Å². The molecule has 0 heterocycles. The second-order valence-electron chi connectivity index (χ2n) is 4.71. The molecule has 0 saturated carbocycles. The Morgan fingerprint density at radius 2 is 1.71 bits per heavy atom. The van der Waals surface area contributed by atoms with Crippen molar-refractivity contribution in [1.82, 2.24) is 5.32 Å². The van der Waals surface area contributed by atoms with Gasteiger partial charge < -0.3 is 10.1 Å². The Kier molecular flexibility index (Phi) is 5.66. The molecule has 1 aromatic carbocycles. The summed E-state index contributed by atoms with van der Waals surface area (Å²) >= 11 is 0. The fourth-order valence-electron chi connectivity index (χ4n) is 1.87. The quantitative estimate of drug-likeness (QED) is 0.816. The number of ether oxygens (including phenoxy) is 1. The zero-order valence-electron chi connectivity index (χ0n) is 11.7. The van der Waals surface area contributed by atoms with E-state index in [1.54, 1.807) is 7.11 Å². The molecule has 0 radical (unpaired) electrons. The maximum absolute atomic E-state index is 5.32. The van der Waals surface area contributed by atoms with E-state index in [0.29, 0.717) is 12.1 Å². The number of rotatable bonds is 6. The van der Waals surface area contributed by atoms with Crippen LogP contribution in [0.4, 0.5) is 0 Å². The molecule has 2 heteroatoms. The molecule has 3 unspecified atom stereocenters. The van der Waals surface area contributed by atoms with E-state index >= 15 is 0 Å². The van der Waals surface area contributed by atoms with E-state index in [1.165, 1.54) is 11.1 Å². The fourth-order valence-corrected chi connectivity index (χ4v) is 1.87. The monoisotopic (exact) mass is 235 g/mol. The molecule has 0 aliphatic heterocycles. The number of methoxy groups -OCH3 is 1. The van der Waals surface area contributed by atoms with Crippen molar-refractivity contribution in [3.8, 4) is 0 Å². The first kappa shape index (κ1) is 14.2. The topological polar surface area (TPSA) is 21.3 Å². The van der Waals surface area contributed by atoms with Crippen LogP contribution in [0.5, 0.6) is 0 Å².